The molecule has 0 aliphatic carbocycles. The van der Waals surface area contributed by atoms with Gasteiger partial charge in [0.2, 0.25) is 0 Å². The Labute approximate surface area is 164 Å². The van der Waals surface area contributed by atoms with Crippen LogP contribution in [0.15, 0.2) is 60.7 Å². The molecule has 0 radical (unpaired) electrons. The van der Waals surface area contributed by atoms with Gasteiger partial charge in [-0.3, -0.25) is 0 Å². The maximum absolute atomic E-state index is 3.16. The minimum absolute atomic E-state index is 1.06. The van der Waals surface area contributed by atoms with Gasteiger partial charge in [0.15, 0.2) is 0 Å². The summed E-state index contributed by atoms with van der Waals surface area (Å²) >= 11 is 0. The average molecular weight is 357 g/mol. The fourth-order valence-corrected chi connectivity index (χ4v) is 4.34. The zero-order valence-electron chi connectivity index (χ0n) is 16.2. The van der Waals surface area contributed by atoms with Crippen molar-refractivity contribution in [2.24, 2.45) is 7.05 Å². The Bertz CT molecular complexity index is 1420. The van der Waals surface area contributed by atoms with Crippen molar-refractivity contribution < 1.29 is 0 Å². The Morgan fingerprint density at radius 1 is 0.571 bits per heavy atom. The van der Waals surface area contributed by atoms with Gasteiger partial charge in [-0.1, -0.05) is 48.2 Å². The SMILES string of the molecule is CC#Cc1ccc2c(ccc3c4ccc5cc(C#CC)ccc5c4n(C)c23)c1. The maximum atomic E-state index is 3.16. The highest BCUT2D eigenvalue weighted by molar-refractivity contribution is 6.23. The molecule has 0 spiro atoms. The highest BCUT2D eigenvalue weighted by Crippen LogP contribution is 2.37. The van der Waals surface area contributed by atoms with Crippen molar-refractivity contribution in [3.05, 3.63) is 71.8 Å². The molecule has 0 unspecified atom stereocenters. The van der Waals surface area contributed by atoms with Crippen molar-refractivity contribution >= 4 is 43.4 Å². The Morgan fingerprint density at radius 3 is 1.43 bits per heavy atom. The molecule has 0 amide bonds. The number of benzene rings is 4. The largest absolute Gasteiger partial charge is 0.343 e. The Kier molecular flexibility index (Phi) is 3.65. The molecule has 28 heavy (non-hydrogen) atoms. The normalized spacial score (nSPS) is 10.8. The quantitative estimate of drug-likeness (QED) is 0.283. The van der Waals surface area contributed by atoms with Crippen LogP contribution in [-0.2, 0) is 7.05 Å². The predicted molar refractivity (Wildman–Crippen MR) is 121 cm³/mol. The standard InChI is InChI=1S/C27H19N/c1-4-6-18-8-12-22-20(16-18)10-14-24-25-15-11-21-17-19(7-5-2)9-13-23(21)27(25)28(3)26(22)24/h8-17H,1-3H3. The first kappa shape index (κ1) is 16.5. The van der Waals surface area contributed by atoms with Crippen molar-refractivity contribution in [1.29, 1.82) is 0 Å². The van der Waals surface area contributed by atoms with E-state index in [2.05, 4.69) is 96.0 Å². The van der Waals surface area contributed by atoms with Crippen LogP contribution in [0.5, 0.6) is 0 Å². The van der Waals surface area contributed by atoms with Gasteiger partial charge in [-0.05, 0) is 48.9 Å². The first-order valence-corrected chi connectivity index (χ1v) is 9.44. The molecule has 1 heteroatoms. The van der Waals surface area contributed by atoms with E-state index in [1.165, 1.54) is 43.4 Å². The Morgan fingerprint density at radius 2 is 1.00 bits per heavy atom. The van der Waals surface area contributed by atoms with Crippen molar-refractivity contribution in [3.8, 4) is 23.7 Å². The van der Waals surface area contributed by atoms with E-state index in [-0.39, 0.29) is 0 Å². The highest BCUT2D eigenvalue weighted by Gasteiger charge is 2.14. The number of hydrogen-bond donors (Lipinski definition) is 0. The molecule has 0 atom stereocenters. The summed E-state index contributed by atoms with van der Waals surface area (Å²) < 4.78 is 2.34. The first-order valence-electron chi connectivity index (χ1n) is 9.44. The van der Waals surface area contributed by atoms with E-state index in [0.29, 0.717) is 0 Å². The van der Waals surface area contributed by atoms with Crippen molar-refractivity contribution in [2.45, 2.75) is 13.8 Å². The summed E-state index contributed by atoms with van der Waals surface area (Å²) in [5.74, 6) is 12.3. The van der Waals surface area contributed by atoms with Gasteiger partial charge < -0.3 is 4.57 Å². The molecule has 5 aromatic rings. The van der Waals surface area contributed by atoms with Gasteiger partial charge in [-0.15, -0.1) is 11.8 Å². The lowest BCUT2D eigenvalue weighted by Gasteiger charge is -2.06. The van der Waals surface area contributed by atoms with Gasteiger partial charge in [0, 0.05) is 39.7 Å². The third kappa shape index (κ3) is 2.31. The number of rotatable bonds is 0. The minimum Gasteiger partial charge on any atom is -0.343 e. The van der Waals surface area contributed by atoms with Crippen LogP contribution in [0.1, 0.15) is 25.0 Å². The van der Waals surface area contributed by atoms with E-state index in [9.17, 15) is 0 Å². The molecule has 1 aromatic heterocycles. The van der Waals surface area contributed by atoms with Gasteiger partial charge in [0.25, 0.3) is 0 Å². The molecule has 0 aliphatic rings. The van der Waals surface area contributed by atoms with Gasteiger partial charge in [-0.2, -0.15) is 0 Å². The predicted octanol–water partition coefficient (Wildman–Crippen LogP) is 6.38. The topological polar surface area (TPSA) is 4.93 Å². The van der Waals surface area contributed by atoms with Crippen LogP contribution in [0, 0.1) is 23.7 Å². The number of nitrogens with zero attached hydrogens (tertiary/aromatic N) is 1. The third-order valence-corrected chi connectivity index (χ3v) is 5.48. The summed E-state index contributed by atoms with van der Waals surface area (Å²) in [7, 11) is 2.17. The zero-order chi connectivity index (χ0) is 19.3. The van der Waals surface area contributed by atoms with Crippen LogP contribution < -0.4 is 0 Å². The molecule has 0 N–H and O–H groups in total. The number of hydrogen-bond acceptors (Lipinski definition) is 0. The lowest BCUT2D eigenvalue weighted by molar-refractivity contribution is 1.02. The van der Waals surface area contributed by atoms with E-state index in [1.54, 1.807) is 0 Å². The van der Waals surface area contributed by atoms with Crippen molar-refractivity contribution in [2.75, 3.05) is 0 Å². The van der Waals surface area contributed by atoms with Gasteiger partial charge >= 0.3 is 0 Å². The summed E-state index contributed by atoms with van der Waals surface area (Å²) in [4.78, 5) is 0. The summed E-state index contributed by atoms with van der Waals surface area (Å²) in [5.41, 5.74) is 4.66. The second-order valence-electron chi connectivity index (χ2n) is 7.10. The molecule has 0 saturated carbocycles. The Hall–Kier alpha value is -3.68. The van der Waals surface area contributed by atoms with Gasteiger partial charge in [0.05, 0.1) is 11.0 Å². The average Bonchev–Trinajstić information content (AvgIpc) is 3.01. The maximum Gasteiger partial charge on any atom is 0.0568 e. The fraction of sp³-hybridized carbons (Fsp3) is 0.111. The van der Waals surface area contributed by atoms with E-state index in [1.807, 2.05) is 13.8 Å². The van der Waals surface area contributed by atoms with Gasteiger partial charge in [-0.25, -0.2) is 0 Å². The molecular formula is C27H19N. The minimum atomic E-state index is 1.06. The number of aromatic nitrogens is 1. The van der Waals surface area contributed by atoms with Gasteiger partial charge in [0.1, 0.15) is 0 Å². The number of fused-ring (bicyclic) bond motifs is 7. The molecule has 0 fully saturated rings. The van der Waals surface area contributed by atoms with Crippen LogP contribution in [0.3, 0.4) is 0 Å². The van der Waals surface area contributed by atoms with Crippen LogP contribution in [0.2, 0.25) is 0 Å². The van der Waals surface area contributed by atoms with Crippen LogP contribution in [0.4, 0.5) is 0 Å². The van der Waals surface area contributed by atoms with E-state index in [0.717, 1.165) is 11.1 Å². The summed E-state index contributed by atoms with van der Waals surface area (Å²) in [6.07, 6.45) is 0. The fourth-order valence-electron chi connectivity index (χ4n) is 4.34. The molecule has 1 heterocycles. The first-order chi connectivity index (χ1) is 13.7. The molecule has 0 aliphatic heterocycles. The molecular weight excluding hydrogens is 338 g/mol. The molecule has 1 nitrogen and oxygen atoms in total. The van der Waals surface area contributed by atoms with Crippen molar-refractivity contribution in [1.82, 2.24) is 4.57 Å². The molecule has 4 aromatic carbocycles. The van der Waals surface area contributed by atoms with Crippen LogP contribution >= 0.6 is 0 Å². The summed E-state index contributed by atoms with van der Waals surface area (Å²) in [5, 5.41) is 7.56. The highest BCUT2D eigenvalue weighted by atomic mass is 14.9. The lowest BCUT2D eigenvalue weighted by atomic mass is 10.0. The van der Waals surface area contributed by atoms with Crippen LogP contribution in [0.25, 0.3) is 43.4 Å². The molecule has 5 rings (SSSR count). The second kappa shape index (κ2) is 6.19. The monoisotopic (exact) mass is 357 g/mol. The zero-order valence-corrected chi connectivity index (χ0v) is 16.2. The smallest absolute Gasteiger partial charge is 0.0568 e. The summed E-state index contributed by atoms with van der Waals surface area (Å²) in [6.45, 7) is 3.75. The van der Waals surface area contributed by atoms with E-state index >= 15 is 0 Å². The van der Waals surface area contributed by atoms with E-state index < -0.39 is 0 Å². The molecule has 132 valence electrons. The second-order valence-corrected chi connectivity index (χ2v) is 7.10. The third-order valence-electron chi connectivity index (χ3n) is 5.48. The molecule has 0 bridgehead atoms. The summed E-state index contributed by atoms with van der Waals surface area (Å²) in [6, 6.07) is 21.9. The molecule has 0 saturated heterocycles. The number of aryl methyl sites for hydroxylation is 1. The van der Waals surface area contributed by atoms with Crippen molar-refractivity contribution in [3.63, 3.8) is 0 Å². The van der Waals surface area contributed by atoms with Crippen LogP contribution in [-0.4, -0.2) is 4.57 Å². The van der Waals surface area contributed by atoms with E-state index in [4.69, 9.17) is 0 Å². The lowest BCUT2D eigenvalue weighted by Crippen LogP contribution is -1.90. The Balaban J connectivity index is 1.91.